The number of carbonyl (C=O) groups is 3. The number of aliphatic carboxylic acids is 1. The van der Waals surface area contributed by atoms with Gasteiger partial charge in [-0.3, -0.25) is 14.6 Å². The summed E-state index contributed by atoms with van der Waals surface area (Å²) in [4.78, 5) is 60.8. The maximum Gasteiger partial charge on any atom is 0.386 e. The lowest BCUT2D eigenvalue weighted by atomic mass is 9.80. The van der Waals surface area contributed by atoms with E-state index in [0.29, 0.717) is 32.2 Å². The number of aliphatic imine (C=N–C) groups is 1. The van der Waals surface area contributed by atoms with Crippen molar-refractivity contribution in [2.75, 3.05) is 47.8 Å². The monoisotopic (exact) mass is 817 g/mol. The van der Waals surface area contributed by atoms with E-state index in [1.807, 2.05) is 25.6 Å². The molecule has 3 aromatic heterocycles. The summed E-state index contributed by atoms with van der Waals surface area (Å²) in [6.07, 6.45) is 11.9. The van der Waals surface area contributed by atoms with E-state index in [1.54, 1.807) is 0 Å². The number of aromatic nitrogens is 3. The summed E-state index contributed by atoms with van der Waals surface area (Å²) >= 11 is 0. The molecular formula is C49H66N7O4+. The zero-order valence-corrected chi connectivity index (χ0v) is 37.6. The lowest BCUT2D eigenvalue weighted by Gasteiger charge is -2.22. The third kappa shape index (κ3) is 9.30. The Bertz CT molecular complexity index is 2550. The van der Waals surface area contributed by atoms with Gasteiger partial charge in [-0.1, -0.05) is 32.6 Å². The van der Waals surface area contributed by atoms with Gasteiger partial charge in [0, 0.05) is 78.8 Å². The van der Waals surface area contributed by atoms with Gasteiger partial charge in [-0.05, 0) is 126 Å². The van der Waals surface area contributed by atoms with Crippen molar-refractivity contribution in [1.82, 2.24) is 24.8 Å². The highest BCUT2D eigenvalue weighted by atomic mass is 16.4. The Morgan fingerprint density at radius 3 is 2.28 bits per heavy atom. The molecule has 4 N–H and O–H groups in total. The molecule has 11 nitrogen and oxygen atoms in total. The number of aromatic amines is 3. The maximum atomic E-state index is 14.2. The van der Waals surface area contributed by atoms with Gasteiger partial charge in [0.1, 0.15) is 6.21 Å². The summed E-state index contributed by atoms with van der Waals surface area (Å²) in [6.45, 7) is 15.3. The topological polar surface area (TPSA) is 141 Å². The number of carboxylic acids is 1. The molecule has 6 rings (SSSR count). The Kier molecular flexibility index (Phi) is 14.2. The smallest absolute Gasteiger partial charge is 0.386 e. The Balaban J connectivity index is 1.56. The second-order valence-electron chi connectivity index (χ2n) is 17.5. The van der Waals surface area contributed by atoms with E-state index in [9.17, 15) is 19.5 Å². The molecule has 2 aliphatic heterocycles. The minimum atomic E-state index is -0.834. The normalized spacial score (nSPS) is 18.5. The van der Waals surface area contributed by atoms with Crippen LogP contribution in [0.25, 0.3) is 23.3 Å². The predicted octanol–water partition coefficient (Wildman–Crippen LogP) is 3.91. The van der Waals surface area contributed by atoms with Crippen LogP contribution in [0.15, 0.2) is 4.99 Å². The Labute approximate surface area is 355 Å². The highest BCUT2D eigenvalue weighted by molar-refractivity contribution is 6.26. The van der Waals surface area contributed by atoms with Crippen molar-refractivity contribution in [2.45, 2.75) is 112 Å². The fourth-order valence-electron chi connectivity index (χ4n) is 9.52. The Hall–Kier alpha value is -5.05. The van der Waals surface area contributed by atoms with Gasteiger partial charge in [-0.2, -0.15) is 4.58 Å². The fraction of sp³-hybridized carbons (Fsp3) is 0.531. The van der Waals surface area contributed by atoms with E-state index < -0.39 is 5.97 Å². The van der Waals surface area contributed by atoms with Crippen LogP contribution in [-0.2, 0) is 22.4 Å². The predicted molar refractivity (Wildman–Crippen MR) is 242 cm³/mol. The van der Waals surface area contributed by atoms with E-state index in [1.165, 1.54) is 16.7 Å². The van der Waals surface area contributed by atoms with Gasteiger partial charge < -0.3 is 29.9 Å². The average molecular weight is 817 g/mol. The fourth-order valence-corrected chi connectivity index (χ4v) is 9.52. The molecule has 11 heteroatoms. The molecule has 3 aromatic rings. The molecule has 3 atom stereocenters. The minimum Gasteiger partial charge on any atom is -0.481 e. The molecule has 0 saturated carbocycles. The molecule has 0 saturated heterocycles. The van der Waals surface area contributed by atoms with Gasteiger partial charge in [0.25, 0.3) is 0 Å². The first-order valence-electron chi connectivity index (χ1n) is 22.0. The number of Topliss-reactive ketones (excluding diaryl/α,β-unsaturated/α-hetero) is 1. The first kappa shape index (κ1) is 44.5. The van der Waals surface area contributed by atoms with Crippen LogP contribution < -0.4 is 21.4 Å². The lowest BCUT2D eigenvalue weighted by Crippen LogP contribution is -2.30. The van der Waals surface area contributed by atoms with Crippen LogP contribution in [-0.4, -0.2) is 118 Å². The van der Waals surface area contributed by atoms with Gasteiger partial charge in [0.2, 0.25) is 0 Å². The number of hydrogen-bond acceptors (Lipinski definition) is 6. The van der Waals surface area contributed by atoms with E-state index in [2.05, 4.69) is 104 Å². The largest absolute Gasteiger partial charge is 0.481 e. The number of amides is 1. The molecule has 3 unspecified atom stereocenters. The van der Waals surface area contributed by atoms with Crippen LogP contribution in [0.5, 0.6) is 0 Å². The van der Waals surface area contributed by atoms with Gasteiger partial charge in [0.15, 0.2) is 12.3 Å². The molecule has 1 aliphatic carbocycles. The molecule has 0 spiro atoms. The van der Waals surface area contributed by atoms with Crippen LogP contribution >= 0.6 is 0 Å². The van der Waals surface area contributed by atoms with Crippen molar-refractivity contribution >= 4 is 52.9 Å². The molecule has 60 heavy (non-hydrogen) atoms. The van der Waals surface area contributed by atoms with Crippen molar-refractivity contribution in [3.05, 3.63) is 66.2 Å². The summed E-state index contributed by atoms with van der Waals surface area (Å²) < 4.78 is 1.93. The van der Waals surface area contributed by atoms with Crippen LogP contribution in [0, 0.1) is 44.4 Å². The molecular weight excluding hydrogens is 751 g/mol. The summed E-state index contributed by atoms with van der Waals surface area (Å²) in [6, 6.07) is -0.340. The summed E-state index contributed by atoms with van der Waals surface area (Å²) in [5.41, 5.74) is 11.1. The summed E-state index contributed by atoms with van der Waals surface area (Å²) in [5.74, 6) is 6.06. The van der Waals surface area contributed by atoms with Gasteiger partial charge in [0.05, 0.1) is 34.4 Å². The SMILES string of the molecule is CCc1c2[nH]c(c1C)C=c1[nH]c(c(C)c1CC)=C(C#CCCCC(=O)O)C1=NC(C3=c4[nH]c(c(C)c4C(=O)C3)=C2)C(CCC(=O)[N+](=CCCN(C)C)CCCN(C)C)C1C. The van der Waals surface area contributed by atoms with Crippen LogP contribution in [0.4, 0.5) is 0 Å². The molecule has 0 aromatic carbocycles. The number of unbranched alkanes of at least 4 members (excludes halogenated alkanes) is 1. The maximum absolute atomic E-state index is 14.2. The highest BCUT2D eigenvalue weighted by Crippen LogP contribution is 2.40. The number of nitrogens with zero attached hydrogens (tertiary/aromatic N) is 4. The van der Waals surface area contributed by atoms with E-state index >= 15 is 0 Å². The van der Waals surface area contributed by atoms with Gasteiger partial charge in [-0.25, -0.2) is 4.79 Å². The van der Waals surface area contributed by atoms with E-state index in [4.69, 9.17) is 4.99 Å². The molecule has 3 aliphatic rings. The Morgan fingerprint density at radius 1 is 0.900 bits per heavy atom. The number of fused-ring (bicyclic) bond motifs is 7. The molecule has 1 amide bonds. The standard InChI is InChI=1S/C49H65N7O4/c1-11-33-29(3)38-27-41-34(12-2)30(4)46(52-41)36(18-14-13-15-19-44(59)60)47-31(5)35(20-21-43(58)56(24-16-22-54(7)8)25-17-23-55(9)10)48(53-47)37-26-42(57)45-32(6)39(51-49(37)45)28-40(33)50-38/h24,27-28,31,35,48H,11-13,15-17,19-23,25-26H2,1-10H3,(H3-,50,51,52,53,57,59,60)/p+1. The first-order valence-corrected chi connectivity index (χ1v) is 22.0. The van der Waals surface area contributed by atoms with Crippen LogP contribution in [0.2, 0.25) is 0 Å². The van der Waals surface area contributed by atoms with Crippen molar-refractivity contribution in [1.29, 1.82) is 0 Å². The van der Waals surface area contributed by atoms with Crippen molar-refractivity contribution in [2.24, 2.45) is 16.8 Å². The number of rotatable bonds is 15. The average Bonchev–Trinajstić information content (AvgIpc) is 3.95. The zero-order valence-electron chi connectivity index (χ0n) is 37.6. The van der Waals surface area contributed by atoms with Crippen molar-refractivity contribution in [3.63, 3.8) is 0 Å². The zero-order chi connectivity index (χ0) is 43.4. The molecule has 320 valence electrons. The van der Waals surface area contributed by atoms with E-state index in [-0.39, 0.29) is 42.4 Å². The van der Waals surface area contributed by atoms with Gasteiger partial charge in [-0.15, -0.1) is 0 Å². The molecule has 5 heterocycles. The third-order valence-electron chi connectivity index (χ3n) is 12.9. The van der Waals surface area contributed by atoms with Gasteiger partial charge >= 0.3 is 11.9 Å². The number of carbonyl (C=O) groups excluding carboxylic acids is 2. The molecule has 8 bridgehead atoms. The number of nitrogens with one attached hydrogen (secondary N) is 3. The number of hydrogen-bond donors (Lipinski definition) is 4. The van der Waals surface area contributed by atoms with Crippen LogP contribution in [0.3, 0.4) is 0 Å². The second-order valence-corrected chi connectivity index (χ2v) is 17.5. The molecule has 0 fully saturated rings. The second kappa shape index (κ2) is 19.1. The third-order valence-corrected chi connectivity index (χ3v) is 12.9. The van der Waals surface area contributed by atoms with Crippen molar-refractivity contribution < 1.29 is 24.1 Å². The minimum absolute atomic E-state index is 0.0554. The number of H-pyrrole nitrogens is 3. The number of ketones is 1. The quantitative estimate of drug-likeness (QED) is 0.0795. The first-order chi connectivity index (χ1) is 28.6. The number of carboxylic acid groups (broad SMARTS) is 1. The highest BCUT2D eigenvalue weighted by Gasteiger charge is 2.43. The lowest BCUT2D eigenvalue weighted by molar-refractivity contribution is -0.447. The van der Waals surface area contributed by atoms with E-state index in [0.717, 1.165) is 105 Å². The van der Waals surface area contributed by atoms with Crippen LogP contribution in [0.1, 0.15) is 122 Å². The molecule has 0 radical (unpaired) electrons. The summed E-state index contributed by atoms with van der Waals surface area (Å²) in [5, 5.41) is 13.0. The Morgan fingerprint density at radius 2 is 1.60 bits per heavy atom. The van der Waals surface area contributed by atoms with Crippen molar-refractivity contribution in [3.8, 4) is 11.8 Å². The summed E-state index contributed by atoms with van der Waals surface area (Å²) in [7, 11) is 8.20.